The highest BCUT2D eigenvalue weighted by Gasteiger charge is 2.17. The highest BCUT2D eigenvalue weighted by molar-refractivity contribution is 5.91. The Morgan fingerprint density at radius 1 is 0.913 bits per heavy atom. The Bertz CT molecular complexity index is 417. The second-order valence-electron chi connectivity index (χ2n) is 5.02. The van der Waals surface area contributed by atoms with Gasteiger partial charge in [0.2, 0.25) is 0 Å². The summed E-state index contributed by atoms with van der Waals surface area (Å²) in [5.74, 6) is -1.24. The first-order valence-corrected chi connectivity index (χ1v) is 7.94. The summed E-state index contributed by atoms with van der Waals surface area (Å²) in [6, 6.07) is -0.0791. The van der Waals surface area contributed by atoms with E-state index in [1.54, 1.807) is 23.6 Å². The van der Waals surface area contributed by atoms with Crippen LogP contribution in [0.1, 0.15) is 34.6 Å². The van der Waals surface area contributed by atoms with Gasteiger partial charge in [0, 0.05) is 31.8 Å². The molecule has 0 aromatic rings. The summed E-state index contributed by atoms with van der Waals surface area (Å²) in [4.78, 5) is 38.2. The molecule has 7 nitrogen and oxygen atoms in total. The van der Waals surface area contributed by atoms with Gasteiger partial charge in [-0.15, -0.1) is 0 Å². The summed E-state index contributed by atoms with van der Waals surface area (Å²) < 4.78 is 9.83. The first-order valence-electron chi connectivity index (χ1n) is 7.94. The fourth-order valence-corrected chi connectivity index (χ4v) is 1.80. The zero-order valence-electron chi connectivity index (χ0n) is 14.7. The summed E-state index contributed by atoms with van der Waals surface area (Å²) in [6.07, 6.45) is 1.81. The number of esters is 2. The van der Waals surface area contributed by atoms with E-state index < -0.39 is 11.9 Å². The molecule has 0 aromatic carbocycles. The Hall–Kier alpha value is -2.05. The van der Waals surface area contributed by atoms with Crippen molar-refractivity contribution in [1.82, 2.24) is 9.80 Å². The lowest BCUT2D eigenvalue weighted by Gasteiger charge is -2.28. The molecule has 23 heavy (non-hydrogen) atoms. The van der Waals surface area contributed by atoms with Crippen molar-refractivity contribution in [2.75, 3.05) is 32.8 Å². The third-order valence-electron chi connectivity index (χ3n) is 3.00. The van der Waals surface area contributed by atoms with Crippen LogP contribution >= 0.6 is 0 Å². The topological polar surface area (TPSA) is 76.2 Å². The lowest BCUT2D eigenvalue weighted by Crippen LogP contribution is -2.44. The van der Waals surface area contributed by atoms with Crippen LogP contribution in [0.25, 0.3) is 0 Å². The molecule has 0 aliphatic rings. The Morgan fingerprint density at radius 2 is 1.43 bits per heavy atom. The zero-order chi connectivity index (χ0) is 17.8. The van der Waals surface area contributed by atoms with E-state index in [0.717, 1.165) is 12.2 Å². The van der Waals surface area contributed by atoms with E-state index in [1.807, 2.05) is 20.8 Å². The van der Waals surface area contributed by atoms with Crippen molar-refractivity contribution in [3.8, 4) is 0 Å². The van der Waals surface area contributed by atoms with E-state index >= 15 is 0 Å². The average molecular weight is 328 g/mol. The predicted octanol–water partition coefficient (Wildman–Crippen LogP) is 1.82. The van der Waals surface area contributed by atoms with Crippen LogP contribution in [0.2, 0.25) is 0 Å². The number of urea groups is 1. The molecule has 0 atom stereocenters. The summed E-state index contributed by atoms with van der Waals surface area (Å²) in [5.41, 5.74) is 0. The van der Waals surface area contributed by atoms with Crippen molar-refractivity contribution < 1.29 is 23.9 Å². The number of rotatable bonds is 9. The molecule has 0 heterocycles. The first-order chi connectivity index (χ1) is 10.8. The first kappa shape index (κ1) is 20.9. The van der Waals surface area contributed by atoms with Crippen molar-refractivity contribution in [3.05, 3.63) is 12.2 Å². The van der Waals surface area contributed by atoms with E-state index in [1.165, 1.54) is 0 Å². The monoisotopic (exact) mass is 328 g/mol. The van der Waals surface area contributed by atoms with Crippen LogP contribution in [-0.2, 0) is 19.1 Å². The van der Waals surface area contributed by atoms with E-state index in [0.29, 0.717) is 26.2 Å². The normalized spacial score (nSPS) is 10.7. The molecule has 2 amide bonds. The molecule has 0 fully saturated rings. The van der Waals surface area contributed by atoms with Crippen LogP contribution in [0.15, 0.2) is 12.2 Å². The molecule has 132 valence electrons. The molecule has 0 rings (SSSR count). The molecule has 0 unspecified atom stereocenters. The molecule has 0 aromatic heterocycles. The summed E-state index contributed by atoms with van der Waals surface area (Å²) >= 11 is 0. The molecule has 0 bridgehead atoms. The molecule has 7 heteroatoms. The van der Waals surface area contributed by atoms with Crippen LogP contribution in [0.3, 0.4) is 0 Å². The highest BCUT2D eigenvalue weighted by Crippen LogP contribution is 1.99. The van der Waals surface area contributed by atoms with Crippen LogP contribution in [-0.4, -0.2) is 66.7 Å². The van der Waals surface area contributed by atoms with Gasteiger partial charge in [0.25, 0.3) is 0 Å². The maximum absolute atomic E-state index is 12.2. The largest absolute Gasteiger partial charge is 0.461 e. The van der Waals surface area contributed by atoms with Gasteiger partial charge >= 0.3 is 18.0 Å². The number of hydrogen-bond acceptors (Lipinski definition) is 5. The molecular formula is C16H28N2O5. The lowest BCUT2D eigenvalue weighted by atomic mass is 10.4. The molecule has 0 radical (unpaired) electrons. The second kappa shape index (κ2) is 11.5. The van der Waals surface area contributed by atoms with Gasteiger partial charge in [-0.1, -0.05) is 0 Å². The van der Waals surface area contributed by atoms with E-state index in [9.17, 15) is 14.4 Å². The number of amides is 2. The molecule has 0 saturated heterocycles. The fraction of sp³-hybridized carbons (Fsp3) is 0.688. The molecule has 0 spiro atoms. The second-order valence-corrected chi connectivity index (χ2v) is 5.02. The van der Waals surface area contributed by atoms with Crippen molar-refractivity contribution >= 4 is 18.0 Å². The van der Waals surface area contributed by atoms with Gasteiger partial charge in [0.05, 0.1) is 12.6 Å². The third-order valence-corrected chi connectivity index (χ3v) is 3.00. The molecular weight excluding hydrogens is 300 g/mol. The summed E-state index contributed by atoms with van der Waals surface area (Å²) in [7, 11) is 0. The van der Waals surface area contributed by atoms with E-state index in [4.69, 9.17) is 9.47 Å². The molecule has 0 saturated carbocycles. The maximum atomic E-state index is 12.2. The zero-order valence-corrected chi connectivity index (χ0v) is 14.7. The highest BCUT2D eigenvalue weighted by atomic mass is 16.5. The number of carbonyl (C=O) groups is 3. The number of ether oxygens (including phenoxy) is 2. The van der Waals surface area contributed by atoms with Gasteiger partial charge in [0.1, 0.15) is 6.61 Å². The van der Waals surface area contributed by atoms with Gasteiger partial charge in [-0.05, 0) is 34.6 Å². The average Bonchev–Trinajstić information content (AvgIpc) is 2.50. The fourth-order valence-electron chi connectivity index (χ4n) is 1.80. The van der Waals surface area contributed by atoms with E-state index in [-0.39, 0.29) is 18.7 Å². The predicted molar refractivity (Wildman–Crippen MR) is 86.9 cm³/mol. The Morgan fingerprint density at radius 3 is 1.91 bits per heavy atom. The molecule has 0 aliphatic heterocycles. The van der Waals surface area contributed by atoms with Gasteiger partial charge in [-0.3, -0.25) is 0 Å². The maximum Gasteiger partial charge on any atom is 0.331 e. The van der Waals surface area contributed by atoms with Gasteiger partial charge in [-0.25, -0.2) is 14.4 Å². The van der Waals surface area contributed by atoms with Crippen molar-refractivity contribution in [3.63, 3.8) is 0 Å². The Balaban J connectivity index is 4.25. The van der Waals surface area contributed by atoms with Gasteiger partial charge in [-0.2, -0.15) is 0 Å². The van der Waals surface area contributed by atoms with Gasteiger partial charge < -0.3 is 19.3 Å². The van der Waals surface area contributed by atoms with Crippen molar-refractivity contribution in [1.29, 1.82) is 0 Å². The van der Waals surface area contributed by atoms with E-state index in [2.05, 4.69) is 0 Å². The van der Waals surface area contributed by atoms with Crippen LogP contribution in [0.5, 0.6) is 0 Å². The Kier molecular flexibility index (Phi) is 10.5. The standard InChI is InChI=1S/C16H28N2O5/c1-6-17(7-2)16(21)18(8-3)11-12-22-14(19)9-10-15(20)23-13(4)5/h9-10,13H,6-8,11-12H2,1-5H3/b10-9+. The number of likely N-dealkylation sites (N-methyl/N-ethyl adjacent to an activating group) is 1. The number of nitrogens with zero attached hydrogens (tertiary/aromatic N) is 2. The van der Waals surface area contributed by atoms with Crippen molar-refractivity contribution in [2.24, 2.45) is 0 Å². The Labute approximate surface area is 138 Å². The SMILES string of the molecule is CCN(CC)C(=O)N(CC)CCOC(=O)/C=C/C(=O)OC(C)C. The third kappa shape index (κ3) is 8.85. The molecule has 0 N–H and O–H groups in total. The van der Waals surface area contributed by atoms with Crippen LogP contribution < -0.4 is 0 Å². The van der Waals surface area contributed by atoms with Gasteiger partial charge in [0.15, 0.2) is 0 Å². The minimum Gasteiger partial charge on any atom is -0.461 e. The minimum atomic E-state index is -0.642. The molecule has 0 aliphatic carbocycles. The van der Waals surface area contributed by atoms with Crippen LogP contribution in [0.4, 0.5) is 4.79 Å². The smallest absolute Gasteiger partial charge is 0.331 e. The van der Waals surface area contributed by atoms with Crippen LogP contribution in [0, 0.1) is 0 Å². The number of hydrogen-bond donors (Lipinski definition) is 0. The quantitative estimate of drug-likeness (QED) is 0.477. The summed E-state index contributed by atoms with van der Waals surface area (Å²) in [5, 5.41) is 0. The number of carbonyl (C=O) groups excluding carboxylic acids is 3. The lowest BCUT2D eigenvalue weighted by molar-refractivity contribution is -0.142. The van der Waals surface area contributed by atoms with Crippen molar-refractivity contribution in [2.45, 2.75) is 40.7 Å². The summed E-state index contributed by atoms with van der Waals surface area (Å²) in [6.45, 7) is 11.3. The minimum absolute atomic E-state index is 0.0727.